The molecule has 3 heterocycles. The van der Waals surface area contributed by atoms with Gasteiger partial charge >= 0.3 is 5.69 Å². The first-order valence-electron chi connectivity index (χ1n) is 14.8. The van der Waals surface area contributed by atoms with Crippen LogP contribution >= 0.6 is 11.8 Å². The molecule has 212 valence electrons. The summed E-state index contributed by atoms with van der Waals surface area (Å²) in [6, 6.07) is 8.83. The molecular weight excluding hydrogens is 527 g/mol. The molecule has 0 bridgehead atoms. The molecule has 3 aliphatic rings. The number of nitrogens with zero attached hydrogens (tertiary/aromatic N) is 3. The van der Waals surface area contributed by atoms with E-state index in [1.165, 1.54) is 29.9 Å². The van der Waals surface area contributed by atoms with Crippen molar-refractivity contribution >= 4 is 28.7 Å². The zero-order valence-electron chi connectivity index (χ0n) is 22.8. The van der Waals surface area contributed by atoms with Crippen molar-refractivity contribution in [3.8, 4) is 0 Å². The standard InChI is InChI=1S/C31H37FN4O3S/c32-21-18-27-28(33-19-21)35(24-14-16-40-17-15-24)31(39)36(30(27)38)23-12-10-22(11-13-23)34-29(37)26-9-5-4-8-25(26)20-6-2-1-3-7-20/h4-5,8-9,18-20,22-24H,1-3,6-7,10-17H2,(H,34,37). The highest BCUT2D eigenvalue weighted by atomic mass is 32.2. The number of rotatable bonds is 5. The van der Waals surface area contributed by atoms with Gasteiger partial charge in [-0.1, -0.05) is 37.5 Å². The summed E-state index contributed by atoms with van der Waals surface area (Å²) in [5, 5.41) is 3.40. The zero-order valence-corrected chi connectivity index (χ0v) is 23.6. The predicted octanol–water partition coefficient (Wildman–Crippen LogP) is 5.73. The third kappa shape index (κ3) is 5.37. The lowest BCUT2D eigenvalue weighted by Gasteiger charge is -2.32. The molecular formula is C31H37FN4O3S. The predicted molar refractivity (Wildman–Crippen MR) is 157 cm³/mol. The Hall–Kier alpha value is -2.94. The molecule has 40 heavy (non-hydrogen) atoms. The summed E-state index contributed by atoms with van der Waals surface area (Å²) in [5.41, 5.74) is 1.39. The number of amides is 1. The fourth-order valence-corrected chi connectivity index (χ4v) is 8.10. The minimum absolute atomic E-state index is 0.0176. The zero-order chi connectivity index (χ0) is 27.6. The fourth-order valence-electron chi connectivity index (χ4n) is 7.01. The number of hydrogen-bond donors (Lipinski definition) is 1. The second-order valence-electron chi connectivity index (χ2n) is 11.6. The summed E-state index contributed by atoms with van der Waals surface area (Å²) in [4.78, 5) is 44.9. The van der Waals surface area contributed by atoms with E-state index in [-0.39, 0.29) is 40.8 Å². The van der Waals surface area contributed by atoms with Gasteiger partial charge in [0.25, 0.3) is 11.5 Å². The van der Waals surface area contributed by atoms with Crippen LogP contribution in [0, 0.1) is 5.82 Å². The van der Waals surface area contributed by atoms with Crippen LogP contribution < -0.4 is 16.6 Å². The molecule has 1 aromatic carbocycles. The molecule has 0 atom stereocenters. The Labute approximate surface area is 237 Å². The topological polar surface area (TPSA) is 86.0 Å². The van der Waals surface area contributed by atoms with Gasteiger partial charge in [-0.25, -0.2) is 14.2 Å². The molecule has 9 heteroatoms. The van der Waals surface area contributed by atoms with E-state index in [2.05, 4.69) is 16.4 Å². The van der Waals surface area contributed by atoms with Crippen LogP contribution in [0.2, 0.25) is 0 Å². The van der Waals surface area contributed by atoms with Crippen LogP contribution in [0.15, 0.2) is 46.1 Å². The van der Waals surface area contributed by atoms with E-state index in [0.717, 1.165) is 54.5 Å². The van der Waals surface area contributed by atoms with Crippen molar-refractivity contribution in [1.29, 1.82) is 0 Å². The van der Waals surface area contributed by atoms with Crippen LogP contribution in [-0.2, 0) is 0 Å². The van der Waals surface area contributed by atoms with Gasteiger partial charge in [-0.15, -0.1) is 0 Å². The fraction of sp³-hybridized carbons (Fsp3) is 0.548. The van der Waals surface area contributed by atoms with Crippen LogP contribution in [0.1, 0.15) is 105 Å². The molecule has 7 nitrogen and oxygen atoms in total. The van der Waals surface area contributed by atoms with Gasteiger partial charge in [0.15, 0.2) is 0 Å². The lowest BCUT2D eigenvalue weighted by molar-refractivity contribution is 0.0920. The van der Waals surface area contributed by atoms with Gasteiger partial charge in [0.05, 0.1) is 11.6 Å². The molecule has 3 fully saturated rings. The number of carbonyl (C=O) groups is 1. The third-order valence-corrected chi connectivity index (χ3v) is 10.2. The molecule has 1 amide bonds. The monoisotopic (exact) mass is 564 g/mol. The largest absolute Gasteiger partial charge is 0.349 e. The second-order valence-corrected chi connectivity index (χ2v) is 12.8. The molecule has 1 N–H and O–H groups in total. The molecule has 1 saturated heterocycles. The molecule has 6 rings (SSSR count). The Morgan fingerprint density at radius 3 is 2.35 bits per heavy atom. The van der Waals surface area contributed by atoms with Gasteiger partial charge in [0.2, 0.25) is 0 Å². The van der Waals surface area contributed by atoms with Gasteiger partial charge in [-0.3, -0.25) is 18.7 Å². The van der Waals surface area contributed by atoms with Gasteiger partial charge < -0.3 is 5.32 Å². The molecule has 2 aliphatic carbocycles. The van der Waals surface area contributed by atoms with Crippen LogP contribution in [0.4, 0.5) is 4.39 Å². The summed E-state index contributed by atoms with van der Waals surface area (Å²) in [6.45, 7) is 0. The highest BCUT2D eigenvalue weighted by Gasteiger charge is 2.30. The highest BCUT2D eigenvalue weighted by Crippen LogP contribution is 2.35. The van der Waals surface area contributed by atoms with Crippen molar-refractivity contribution in [3.63, 3.8) is 0 Å². The molecule has 2 aromatic heterocycles. The Morgan fingerprint density at radius 1 is 0.900 bits per heavy atom. The average molecular weight is 565 g/mol. The summed E-state index contributed by atoms with van der Waals surface area (Å²) in [7, 11) is 0. The first-order chi connectivity index (χ1) is 19.5. The number of aromatic nitrogens is 3. The van der Waals surface area contributed by atoms with Crippen LogP contribution in [0.25, 0.3) is 11.0 Å². The van der Waals surface area contributed by atoms with Crippen molar-refractivity contribution in [2.24, 2.45) is 0 Å². The Bertz CT molecular complexity index is 1500. The molecule has 2 saturated carbocycles. The van der Waals surface area contributed by atoms with Gasteiger partial charge in [-0.05, 0) is 86.5 Å². The van der Waals surface area contributed by atoms with Crippen molar-refractivity contribution in [3.05, 3.63) is 74.3 Å². The van der Waals surface area contributed by atoms with E-state index in [1.807, 2.05) is 30.0 Å². The Kier molecular flexibility index (Phi) is 8.10. The SMILES string of the molecule is O=C(NC1CCC(n2c(=O)c3cc(F)cnc3n(C3CCSCC3)c2=O)CC1)c1ccccc1C1CCCCC1. The maximum Gasteiger partial charge on any atom is 0.333 e. The first-order valence-corrected chi connectivity index (χ1v) is 16.0. The van der Waals surface area contributed by atoms with E-state index in [0.29, 0.717) is 31.6 Å². The number of pyridine rings is 1. The van der Waals surface area contributed by atoms with Crippen LogP contribution in [0.5, 0.6) is 0 Å². The maximum absolute atomic E-state index is 14.2. The van der Waals surface area contributed by atoms with E-state index in [4.69, 9.17) is 0 Å². The van der Waals surface area contributed by atoms with Crippen molar-refractivity contribution in [2.75, 3.05) is 11.5 Å². The van der Waals surface area contributed by atoms with E-state index < -0.39 is 11.4 Å². The smallest absolute Gasteiger partial charge is 0.333 e. The molecule has 0 spiro atoms. The van der Waals surface area contributed by atoms with Crippen molar-refractivity contribution in [2.45, 2.75) is 94.7 Å². The maximum atomic E-state index is 14.2. The van der Waals surface area contributed by atoms with E-state index >= 15 is 0 Å². The van der Waals surface area contributed by atoms with Gasteiger partial charge in [0.1, 0.15) is 11.5 Å². The normalized spacial score (nSPS) is 22.8. The van der Waals surface area contributed by atoms with Gasteiger partial charge in [-0.2, -0.15) is 11.8 Å². The van der Waals surface area contributed by atoms with Crippen molar-refractivity contribution in [1.82, 2.24) is 19.4 Å². The minimum Gasteiger partial charge on any atom is -0.349 e. The molecule has 3 aromatic rings. The average Bonchev–Trinajstić information content (AvgIpc) is 2.99. The number of benzene rings is 1. The minimum atomic E-state index is -0.583. The molecule has 0 unspecified atom stereocenters. The quantitative estimate of drug-likeness (QED) is 0.428. The Balaban J connectivity index is 1.22. The Morgan fingerprint density at radius 2 is 1.60 bits per heavy atom. The molecule has 1 aliphatic heterocycles. The number of carbonyl (C=O) groups excluding carboxylic acids is 1. The van der Waals surface area contributed by atoms with Crippen LogP contribution in [-0.4, -0.2) is 37.6 Å². The third-order valence-electron chi connectivity index (χ3n) is 9.13. The summed E-state index contributed by atoms with van der Waals surface area (Å²) in [6.07, 6.45) is 11.2. The number of hydrogen-bond acceptors (Lipinski definition) is 5. The lowest BCUT2D eigenvalue weighted by atomic mass is 9.82. The first kappa shape index (κ1) is 27.2. The lowest BCUT2D eigenvalue weighted by Crippen LogP contribution is -2.46. The summed E-state index contributed by atoms with van der Waals surface area (Å²) >= 11 is 1.86. The highest BCUT2D eigenvalue weighted by molar-refractivity contribution is 7.99. The van der Waals surface area contributed by atoms with Crippen molar-refractivity contribution < 1.29 is 9.18 Å². The number of fused-ring (bicyclic) bond motifs is 1. The number of halogens is 1. The van der Waals surface area contributed by atoms with Gasteiger partial charge in [0, 0.05) is 23.7 Å². The summed E-state index contributed by atoms with van der Waals surface area (Å²) < 4.78 is 17.2. The van der Waals surface area contributed by atoms with E-state index in [1.54, 1.807) is 4.57 Å². The molecule has 0 radical (unpaired) electrons. The number of nitrogens with one attached hydrogen (secondary N) is 1. The second kappa shape index (κ2) is 11.9. The van der Waals surface area contributed by atoms with Crippen LogP contribution in [0.3, 0.4) is 0 Å². The van der Waals surface area contributed by atoms with E-state index in [9.17, 15) is 18.8 Å². The summed E-state index contributed by atoms with van der Waals surface area (Å²) in [5.74, 6) is 1.70. The number of thioether (sulfide) groups is 1.